The quantitative estimate of drug-likeness (QED) is 0.667. The first kappa shape index (κ1) is 13.4. The number of carbonyl (C=O) groups excluding carboxylic acids is 1. The Morgan fingerprint density at radius 3 is 2.67 bits per heavy atom. The van der Waals surface area contributed by atoms with Crippen LogP contribution in [0.3, 0.4) is 0 Å². The number of Topliss-reactive ketones (excluding diaryl/α,β-unsaturated/α-hetero) is 1. The van der Waals surface area contributed by atoms with E-state index in [-0.39, 0.29) is 12.4 Å². The first-order chi connectivity index (χ1) is 10.2. The van der Waals surface area contributed by atoms with Gasteiger partial charge in [0.25, 0.3) is 0 Å². The van der Waals surface area contributed by atoms with Gasteiger partial charge in [-0.25, -0.2) is 0 Å². The standard InChI is InChI=1S/C19H15O2/c1-14-6-2-5-9-19(14)21-13-18(20)17-11-10-15-7-3-4-8-16(15)12-17/h2-5,7-12H,13H2,1H3. The molecule has 21 heavy (non-hydrogen) atoms. The molecule has 0 spiro atoms. The van der Waals surface area contributed by atoms with Gasteiger partial charge in [0.05, 0.1) is 0 Å². The van der Waals surface area contributed by atoms with Crippen molar-refractivity contribution in [3.05, 3.63) is 77.9 Å². The van der Waals surface area contributed by atoms with Crippen LogP contribution in [-0.2, 0) is 0 Å². The minimum atomic E-state index is -0.0241. The highest BCUT2D eigenvalue weighted by molar-refractivity contribution is 6.00. The highest BCUT2D eigenvalue weighted by Gasteiger charge is 2.08. The van der Waals surface area contributed by atoms with E-state index in [0.29, 0.717) is 11.3 Å². The summed E-state index contributed by atoms with van der Waals surface area (Å²) >= 11 is 0. The average molecular weight is 275 g/mol. The Morgan fingerprint density at radius 1 is 1.05 bits per heavy atom. The zero-order valence-electron chi connectivity index (χ0n) is 11.8. The predicted octanol–water partition coefficient (Wildman–Crippen LogP) is 4.21. The number of fused-ring (bicyclic) bond motifs is 1. The fourth-order valence-corrected chi connectivity index (χ4v) is 2.25. The van der Waals surface area contributed by atoms with E-state index in [4.69, 9.17) is 4.74 Å². The van der Waals surface area contributed by atoms with Crippen LogP contribution in [0.15, 0.2) is 60.7 Å². The minimum Gasteiger partial charge on any atom is -0.485 e. The second-order valence-corrected chi connectivity index (χ2v) is 4.93. The van der Waals surface area contributed by atoms with E-state index in [1.54, 1.807) is 0 Å². The number of ether oxygens (including phenoxy) is 1. The first-order valence-corrected chi connectivity index (χ1v) is 6.86. The molecule has 0 unspecified atom stereocenters. The number of ketones is 1. The van der Waals surface area contributed by atoms with Crippen molar-refractivity contribution < 1.29 is 9.53 Å². The Labute approximate surface area is 124 Å². The van der Waals surface area contributed by atoms with Gasteiger partial charge in [0.2, 0.25) is 0 Å². The van der Waals surface area contributed by atoms with Gasteiger partial charge in [0.15, 0.2) is 12.4 Å². The van der Waals surface area contributed by atoms with Gasteiger partial charge in [0, 0.05) is 5.56 Å². The smallest absolute Gasteiger partial charge is 0.200 e. The molecule has 2 heteroatoms. The third-order valence-corrected chi connectivity index (χ3v) is 3.44. The molecule has 0 aliphatic rings. The third-order valence-electron chi connectivity index (χ3n) is 3.44. The van der Waals surface area contributed by atoms with E-state index in [0.717, 1.165) is 16.3 Å². The molecule has 3 aromatic carbocycles. The van der Waals surface area contributed by atoms with Gasteiger partial charge in [-0.1, -0.05) is 48.5 Å². The molecular formula is C19H15O2. The van der Waals surface area contributed by atoms with Gasteiger partial charge >= 0.3 is 0 Å². The van der Waals surface area contributed by atoms with Crippen molar-refractivity contribution in [3.8, 4) is 5.75 Å². The van der Waals surface area contributed by atoms with E-state index in [2.05, 4.69) is 6.07 Å². The van der Waals surface area contributed by atoms with Crippen LogP contribution in [0.25, 0.3) is 10.8 Å². The van der Waals surface area contributed by atoms with Crippen LogP contribution in [0.1, 0.15) is 15.9 Å². The number of rotatable bonds is 4. The Kier molecular flexibility index (Phi) is 3.69. The Hall–Kier alpha value is -2.61. The lowest BCUT2D eigenvalue weighted by atomic mass is 10.0. The molecule has 0 heterocycles. The molecule has 0 fully saturated rings. The summed E-state index contributed by atoms with van der Waals surface area (Å²) in [4.78, 5) is 12.2. The van der Waals surface area contributed by atoms with Crippen molar-refractivity contribution in [2.75, 3.05) is 6.61 Å². The average Bonchev–Trinajstić information content (AvgIpc) is 2.53. The molecule has 0 saturated carbocycles. The summed E-state index contributed by atoms with van der Waals surface area (Å²) in [5.41, 5.74) is 1.58. The lowest BCUT2D eigenvalue weighted by Gasteiger charge is -2.08. The number of hydrogen-bond donors (Lipinski definition) is 0. The lowest BCUT2D eigenvalue weighted by Crippen LogP contribution is -2.12. The maximum Gasteiger partial charge on any atom is 0.200 e. The molecule has 0 aliphatic heterocycles. The number of carbonyl (C=O) groups is 1. The molecule has 0 bridgehead atoms. The summed E-state index contributed by atoms with van der Waals surface area (Å²) < 4.78 is 5.58. The molecule has 1 radical (unpaired) electrons. The predicted molar refractivity (Wildman–Crippen MR) is 83.8 cm³/mol. The van der Waals surface area contributed by atoms with Crippen molar-refractivity contribution in [1.82, 2.24) is 0 Å². The zero-order chi connectivity index (χ0) is 14.7. The van der Waals surface area contributed by atoms with Crippen LogP contribution < -0.4 is 4.74 Å². The molecule has 0 aromatic heterocycles. The molecule has 2 nitrogen and oxygen atoms in total. The van der Waals surface area contributed by atoms with Crippen LogP contribution in [0.4, 0.5) is 0 Å². The highest BCUT2D eigenvalue weighted by atomic mass is 16.5. The number of aryl methyl sites for hydroxylation is 1. The van der Waals surface area contributed by atoms with Crippen LogP contribution in [0.5, 0.6) is 5.75 Å². The van der Waals surface area contributed by atoms with Crippen LogP contribution in [-0.4, -0.2) is 12.4 Å². The fraction of sp³-hybridized carbons (Fsp3) is 0.105. The highest BCUT2D eigenvalue weighted by Crippen LogP contribution is 2.18. The molecule has 0 N–H and O–H groups in total. The summed E-state index contributed by atoms with van der Waals surface area (Å²) in [6, 6.07) is 22.3. The maximum atomic E-state index is 12.2. The van der Waals surface area contributed by atoms with Gasteiger partial charge in [-0.3, -0.25) is 4.79 Å². The first-order valence-electron chi connectivity index (χ1n) is 6.86. The van der Waals surface area contributed by atoms with E-state index in [1.807, 2.05) is 67.6 Å². The molecule has 103 valence electrons. The Morgan fingerprint density at radius 2 is 1.86 bits per heavy atom. The molecule has 0 atom stereocenters. The molecule has 3 rings (SSSR count). The summed E-state index contributed by atoms with van der Waals surface area (Å²) in [7, 11) is 0. The van der Waals surface area contributed by atoms with Gasteiger partial charge < -0.3 is 4.74 Å². The van der Waals surface area contributed by atoms with Crippen molar-refractivity contribution in [1.29, 1.82) is 0 Å². The van der Waals surface area contributed by atoms with Crippen molar-refractivity contribution in [3.63, 3.8) is 0 Å². The number of hydrogen-bond acceptors (Lipinski definition) is 2. The van der Waals surface area contributed by atoms with E-state index in [9.17, 15) is 4.79 Å². The fourth-order valence-electron chi connectivity index (χ4n) is 2.25. The molecule has 3 aromatic rings. The normalized spacial score (nSPS) is 10.5. The summed E-state index contributed by atoms with van der Waals surface area (Å²) in [5, 5.41) is 2.19. The minimum absolute atomic E-state index is 0.0241. The molecule has 0 saturated heterocycles. The summed E-state index contributed by atoms with van der Waals surface area (Å²) in [5.74, 6) is 0.677. The van der Waals surface area contributed by atoms with Gasteiger partial charge in [-0.15, -0.1) is 0 Å². The molecule has 0 amide bonds. The third kappa shape index (κ3) is 2.95. The second-order valence-electron chi connectivity index (χ2n) is 4.93. The van der Waals surface area contributed by atoms with Crippen LogP contribution in [0.2, 0.25) is 0 Å². The lowest BCUT2D eigenvalue weighted by molar-refractivity contribution is 0.0921. The second kappa shape index (κ2) is 5.80. The van der Waals surface area contributed by atoms with Crippen LogP contribution in [0, 0.1) is 13.0 Å². The summed E-state index contributed by atoms with van der Waals surface area (Å²) in [6.45, 7) is 1.95. The maximum absolute atomic E-state index is 12.2. The van der Waals surface area contributed by atoms with Gasteiger partial charge in [0.1, 0.15) is 5.75 Å². The van der Waals surface area contributed by atoms with Crippen molar-refractivity contribution >= 4 is 16.6 Å². The van der Waals surface area contributed by atoms with E-state index < -0.39 is 0 Å². The van der Waals surface area contributed by atoms with E-state index in [1.165, 1.54) is 0 Å². The molecule has 0 aliphatic carbocycles. The monoisotopic (exact) mass is 275 g/mol. The largest absolute Gasteiger partial charge is 0.485 e. The molecular weight excluding hydrogens is 260 g/mol. The summed E-state index contributed by atoms with van der Waals surface area (Å²) in [6.07, 6.45) is 0. The Bertz CT molecular complexity index is 790. The van der Waals surface area contributed by atoms with E-state index >= 15 is 0 Å². The van der Waals surface area contributed by atoms with Crippen molar-refractivity contribution in [2.45, 2.75) is 6.92 Å². The van der Waals surface area contributed by atoms with Crippen LogP contribution >= 0.6 is 0 Å². The number of benzene rings is 3. The Balaban J connectivity index is 1.76. The SMILES string of the molecule is Cc1[c]cccc1OCC(=O)c1ccc2ccccc2c1. The van der Waals surface area contributed by atoms with Gasteiger partial charge in [-0.2, -0.15) is 0 Å². The zero-order valence-corrected chi connectivity index (χ0v) is 11.8. The topological polar surface area (TPSA) is 26.3 Å². The van der Waals surface area contributed by atoms with Crippen molar-refractivity contribution in [2.24, 2.45) is 0 Å². The van der Waals surface area contributed by atoms with Gasteiger partial charge in [-0.05, 0) is 41.5 Å².